The number of halogens is 3. The fourth-order valence-corrected chi connectivity index (χ4v) is 1.10. The third kappa shape index (κ3) is 2.31. The van der Waals surface area contributed by atoms with Crippen molar-refractivity contribution in [3.63, 3.8) is 0 Å². The van der Waals surface area contributed by atoms with Crippen LogP contribution in [-0.4, -0.2) is 15.6 Å². The molecular weight excluding hydrogens is 211 g/mol. The Labute approximate surface area is 83.1 Å². The van der Waals surface area contributed by atoms with E-state index in [1.807, 2.05) is 0 Å². The van der Waals surface area contributed by atoms with Crippen molar-refractivity contribution in [2.24, 2.45) is 0 Å². The molecule has 0 aromatic carbocycles. The van der Waals surface area contributed by atoms with Crippen LogP contribution in [0.15, 0.2) is 12.4 Å². The molecule has 1 aromatic rings. The Morgan fingerprint density at radius 1 is 1.53 bits per heavy atom. The smallest absolute Gasteiger partial charge is 0.418 e. The molecule has 0 saturated heterocycles. The van der Waals surface area contributed by atoms with E-state index in [0.717, 1.165) is 10.8 Å². The minimum Gasteiger partial charge on any atom is -0.478 e. The van der Waals surface area contributed by atoms with Gasteiger partial charge in [-0.15, -0.1) is 6.42 Å². The monoisotopic (exact) mass is 217 g/mol. The molecule has 0 aliphatic carbocycles. The zero-order chi connectivity index (χ0) is 11.6. The zero-order valence-electron chi connectivity index (χ0n) is 7.38. The lowest BCUT2D eigenvalue weighted by Gasteiger charge is -2.03. The Balaban J connectivity index is 3.25. The van der Waals surface area contributed by atoms with Crippen molar-refractivity contribution in [3.8, 4) is 12.3 Å². The van der Waals surface area contributed by atoms with Gasteiger partial charge in [0.05, 0.1) is 17.7 Å². The SMILES string of the molecule is C#CCn1cc(C(=O)O)c(C(F)(F)F)c1. The van der Waals surface area contributed by atoms with Crippen LogP contribution in [-0.2, 0) is 12.7 Å². The number of hydrogen-bond acceptors (Lipinski definition) is 1. The third-order valence-corrected chi connectivity index (χ3v) is 1.69. The number of rotatable bonds is 2. The number of terminal acetylenes is 1. The maximum Gasteiger partial charge on any atom is 0.418 e. The highest BCUT2D eigenvalue weighted by Gasteiger charge is 2.36. The lowest BCUT2D eigenvalue weighted by Crippen LogP contribution is -2.09. The third-order valence-electron chi connectivity index (χ3n) is 1.69. The molecule has 1 heterocycles. The van der Waals surface area contributed by atoms with Crippen LogP contribution >= 0.6 is 0 Å². The van der Waals surface area contributed by atoms with Crippen molar-refractivity contribution in [3.05, 3.63) is 23.5 Å². The summed E-state index contributed by atoms with van der Waals surface area (Å²) in [6.07, 6.45) is 1.77. The summed E-state index contributed by atoms with van der Waals surface area (Å²) in [5, 5.41) is 8.55. The second-order valence-electron chi connectivity index (χ2n) is 2.76. The van der Waals surface area contributed by atoms with Gasteiger partial charge in [-0.3, -0.25) is 0 Å². The number of aromatic nitrogens is 1. The van der Waals surface area contributed by atoms with Crippen LogP contribution in [0.3, 0.4) is 0 Å². The fourth-order valence-electron chi connectivity index (χ4n) is 1.10. The maximum atomic E-state index is 12.3. The minimum absolute atomic E-state index is 0.101. The van der Waals surface area contributed by atoms with Gasteiger partial charge in [0, 0.05) is 12.4 Å². The number of carboxylic acids is 1. The van der Waals surface area contributed by atoms with Gasteiger partial charge in [-0.1, -0.05) is 5.92 Å². The summed E-state index contributed by atoms with van der Waals surface area (Å²) in [6.45, 7) is -0.101. The van der Waals surface area contributed by atoms with Crippen molar-refractivity contribution in [2.75, 3.05) is 0 Å². The van der Waals surface area contributed by atoms with E-state index in [-0.39, 0.29) is 6.54 Å². The molecule has 0 unspecified atom stereocenters. The molecule has 0 bridgehead atoms. The Morgan fingerprint density at radius 3 is 2.47 bits per heavy atom. The molecule has 0 saturated carbocycles. The number of hydrogen-bond donors (Lipinski definition) is 1. The highest BCUT2D eigenvalue weighted by Crippen LogP contribution is 2.32. The van der Waals surface area contributed by atoms with Crippen LogP contribution in [0.4, 0.5) is 13.2 Å². The molecule has 6 heteroatoms. The fraction of sp³-hybridized carbons (Fsp3) is 0.222. The van der Waals surface area contributed by atoms with Gasteiger partial charge in [0.15, 0.2) is 0 Å². The van der Waals surface area contributed by atoms with E-state index in [1.165, 1.54) is 0 Å². The standard InChI is InChI=1S/C9H6F3NO2/c1-2-3-13-4-6(8(14)15)7(5-13)9(10,11)12/h1,4-5H,3H2,(H,14,15). The summed E-state index contributed by atoms with van der Waals surface area (Å²) < 4.78 is 38.0. The van der Waals surface area contributed by atoms with Crippen molar-refractivity contribution in [1.29, 1.82) is 0 Å². The van der Waals surface area contributed by atoms with Gasteiger partial charge >= 0.3 is 12.1 Å². The highest BCUT2D eigenvalue weighted by atomic mass is 19.4. The highest BCUT2D eigenvalue weighted by molar-refractivity contribution is 5.89. The lowest BCUT2D eigenvalue weighted by atomic mass is 10.2. The molecule has 0 aliphatic heterocycles. The number of carbonyl (C=O) groups is 1. The van der Waals surface area contributed by atoms with Crippen LogP contribution in [0, 0.1) is 12.3 Å². The quantitative estimate of drug-likeness (QED) is 0.768. The number of aromatic carboxylic acids is 1. The topological polar surface area (TPSA) is 42.2 Å². The van der Waals surface area contributed by atoms with E-state index in [2.05, 4.69) is 5.92 Å². The van der Waals surface area contributed by atoms with Crippen molar-refractivity contribution in [1.82, 2.24) is 4.57 Å². The van der Waals surface area contributed by atoms with Gasteiger partial charge in [-0.05, 0) is 0 Å². The Hall–Kier alpha value is -1.90. The van der Waals surface area contributed by atoms with Gasteiger partial charge < -0.3 is 9.67 Å². The lowest BCUT2D eigenvalue weighted by molar-refractivity contribution is -0.138. The summed E-state index contributed by atoms with van der Waals surface area (Å²) >= 11 is 0. The summed E-state index contributed by atoms with van der Waals surface area (Å²) in [6, 6.07) is 0. The Kier molecular flexibility index (Phi) is 2.75. The van der Waals surface area contributed by atoms with Crippen LogP contribution in [0.2, 0.25) is 0 Å². The van der Waals surface area contributed by atoms with Crippen molar-refractivity contribution in [2.45, 2.75) is 12.7 Å². The van der Waals surface area contributed by atoms with E-state index in [0.29, 0.717) is 6.20 Å². The zero-order valence-corrected chi connectivity index (χ0v) is 7.38. The molecule has 0 atom stereocenters. The van der Waals surface area contributed by atoms with Gasteiger partial charge in [0.1, 0.15) is 0 Å². The first-order valence-corrected chi connectivity index (χ1v) is 3.80. The van der Waals surface area contributed by atoms with Gasteiger partial charge in [0.25, 0.3) is 0 Å². The summed E-state index contributed by atoms with van der Waals surface area (Å²) in [7, 11) is 0. The first kappa shape index (κ1) is 11.2. The van der Waals surface area contributed by atoms with Crippen LogP contribution in [0.5, 0.6) is 0 Å². The van der Waals surface area contributed by atoms with Gasteiger partial charge in [-0.2, -0.15) is 13.2 Å². The van der Waals surface area contributed by atoms with E-state index >= 15 is 0 Å². The van der Waals surface area contributed by atoms with Crippen LogP contribution in [0.1, 0.15) is 15.9 Å². The Morgan fingerprint density at radius 2 is 2.13 bits per heavy atom. The first-order chi connectivity index (χ1) is 6.86. The molecular formula is C9H6F3NO2. The second kappa shape index (κ2) is 3.69. The number of nitrogens with zero attached hydrogens (tertiary/aromatic N) is 1. The molecule has 3 nitrogen and oxygen atoms in total. The molecule has 1 aromatic heterocycles. The predicted molar refractivity (Wildman–Crippen MR) is 45.2 cm³/mol. The number of carboxylic acid groups (broad SMARTS) is 1. The average molecular weight is 217 g/mol. The molecule has 15 heavy (non-hydrogen) atoms. The average Bonchev–Trinajstić information content (AvgIpc) is 2.48. The van der Waals surface area contributed by atoms with E-state index in [4.69, 9.17) is 11.5 Å². The molecule has 0 radical (unpaired) electrons. The second-order valence-corrected chi connectivity index (χ2v) is 2.76. The summed E-state index contributed by atoms with van der Waals surface area (Å²) in [4.78, 5) is 10.5. The van der Waals surface area contributed by atoms with Gasteiger partial charge in [0.2, 0.25) is 0 Å². The van der Waals surface area contributed by atoms with Crippen molar-refractivity contribution >= 4 is 5.97 Å². The summed E-state index contributed by atoms with van der Waals surface area (Å²) in [5.74, 6) is 0.491. The number of alkyl halides is 3. The maximum absolute atomic E-state index is 12.3. The minimum atomic E-state index is -4.69. The molecule has 0 fully saturated rings. The molecule has 0 aliphatic rings. The van der Waals surface area contributed by atoms with Crippen molar-refractivity contribution < 1.29 is 23.1 Å². The molecule has 1 rings (SSSR count). The molecule has 1 N–H and O–H groups in total. The van der Waals surface area contributed by atoms with E-state index in [1.54, 1.807) is 0 Å². The predicted octanol–water partition coefficient (Wildman–Crippen LogP) is 1.84. The molecule has 0 spiro atoms. The Bertz CT molecular complexity index is 426. The van der Waals surface area contributed by atoms with E-state index < -0.39 is 23.3 Å². The van der Waals surface area contributed by atoms with E-state index in [9.17, 15) is 18.0 Å². The van der Waals surface area contributed by atoms with Crippen LogP contribution < -0.4 is 0 Å². The molecule has 0 amide bonds. The van der Waals surface area contributed by atoms with Gasteiger partial charge in [-0.25, -0.2) is 4.79 Å². The largest absolute Gasteiger partial charge is 0.478 e. The first-order valence-electron chi connectivity index (χ1n) is 3.80. The normalized spacial score (nSPS) is 11.1. The van der Waals surface area contributed by atoms with Crippen LogP contribution in [0.25, 0.3) is 0 Å². The molecule has 80 valence electrons. The summed E-state index contributed by atoms with van der Waals surface area (Å²) in [5.41, 5.74) is -1.98.